The van der Waals surface area contributed by atoms with E-state index in [1.807, 2.05) is 43.3 Å². The van der Waals surface area contributed by atoms with Crippen molar-refractivity contribution in [1.82, 2.24) is 15.3 Å². The van der Waals surface area contributed by atoms with Crippen LogP contribution in [0.4, 0.5) is 10.5 Å². The van der Waals surface area contributed by atoms with Crippen LogP contribution in [-0.2, 0) is 6.54 Å². The normalized spacial score (nSPS) is 10.2. The fourth-order valence-electron chi connectivity index (χ4n) is 2.26. The van der Waals surface area contributed by atoms with Crippen LogP contribution < -0.4 is 15.4 Å². The molecule has 2 N–H and O–H groups in total. The van der Waals surface area contributed by atoms with Crippen LogP contribution in [0.5, 0.6) is 11.6 Å². The van der Waals surface area contributed by atoms with Gasteiger partial charge in [0.15, 0.2) is 0 Å². The average molecular weight is 348 g/mol. The van der Waals surface area contributed by atoms with Crippen LogP contribution >= 0.6 is 0 Å². The van der Waals surface area contributed by atoms with Crippen molar-refractivity contribution in [2.24, 2.45) is 0 Å². The summed E-state index contributed by atoms with van der Waals surface area (Å²) in [6.45, 7) is 4.44. The second kappa shape index (κ2) is 8.11. The van der Waals surface area contributed by atoms with E-state index in [0.717, 1.165) is 17.0 Å². The van der Waals surface area contributed by atoms with E-state index < -0.39 is 0 Å². The molecule has 0 spiro atoms. The first-order chi connectivity index (χ1) is 12.6. The van der Waals surface area contributed by atoms with Crippen molar-refractivity contribution in [2.45, 2.75) is 20.4 Å². The Morgan fingerprint density at radius 1 is 1.04 bits per heavy atom. The minimum atomic E-state index is -0.319. The molecular weight excluding hydrogens is 328 g/mol. The van der Waals surface area contributed by atoms with Crippen molar-refractivity contribution in [3.05, 3.63) is 77.7 Å². The third-order valence-electron chi connectivity index (χ3n) is 3.85. The molecule has 2 aromatic heterocycles. The van der Waals surface area contributed by atoms with Crippen LogP contribution in [0.25, 0.3) is 0 Å². The molecule has 6 nitrogen and oxygen atoms in total. The van der Waals surface area contributed by atoms with Gasteiger partial charge in [-0.25, -0.2) is 9.78 Å². The number of benzene rings is 1. The Morgan fingerprint density at radius 3 is 2.62 bits per heavy atom. The molecule has 0 radical (unpaired) electrons. The number of aryl methyl sites for hydroxylation is 2. The Morgan fingerprint density at radius 2 is 1.92 bits per heavy atom. The number of carbonyl (C=O) groups is 1. The molecule has 0 bridgehead atoms. The van der Waals surface area contributed by atoms with E-state index >= 15 is 0 Å². The third kappa shape index (κ3) is 4.80. The second-order valence-electron chi connectivity index (χ2n) is 5.86. The lowest BCUT2D eigenvalue weighted by molar-refractivity contribution is 0.251. The summed E-state index contributed by atoms with van der Waals surface area (Å²) < 4.78 is 5.73. The van der Waals surface area contributed by atoms with E-state index in [1.54, 1.807) is 24.5 Å². The summed E-state index contributed by atoms with van der Waals surface area (Å²) in [7, 11) is 0. The molecule has 0 saturated carbocycles. The topological polar surface area (TPSA) is 76.1 Å². The lowest BCUT2D eigenvalue weighted by Gasteiger charge is -2.09. The smallest absolute Gasteiger partial charge is 0.319 e. The Hall–Kier alpha value is -3.41. The van der Waals surface area contributed by atoms with Gasteiger partial charge in [0.2, 0.25) is 5.88 Å². The van der Waals surface area contributed by atoms with Gasteiger partial charge in [-0.3, -0.25) is 4.98 Å². The maximum atomic E-state index is 11.9. The van der Waals surface area contributed by atoms with E-state index in [-0.39, 0.29) is 6.03 Å². The molecule has 1 aromatic carbocycles. The fourth-order valence-corrected chi connectivity index (χ4v) is 2.26. The van der Waals surface area contributed by atoms with Crippen molar-refractivity contribution < 1.29 is 9.53 Å². The van der Waals surface area contributed by atoms with Crippen LogP contribution in [0, 0.1) is 13.8 Å². The van der Waals surface area contributed by atoms with Gasteiger partial charge in [0.05, 0.1) is 24.1 Å². The van der Waals surface area contributed by atoms with E-state index in [0.29, 0.717) is 18.1 Å². The second-order valence-corrected chi connectivity index (χ2v) is 5.86. The molecule has 6 heteroatoms. The average Bonchev–Trinajstić information content (AvgIpc) is 2.65. The molecule has 0 fully saturated rings. The summed E-state index contributed by atoms with van der Waals surface area (Å²) in [6.07, 6.45) is 3.24. The van der Waals surface area contributed by atoms with Gasteiger partial charge in [0.1, 0.15) is 5.75 Å². The Labute approximate surface area is 152 Å². The van der Waals surface area contributed by atoms with Crippen molar-refractivity contribution in [3.8, 4) is 11.6 Å². The number of aromatic nitrogens is 2. The fraction of sp³-hybridized carbons (Fsp3) is 0.150. The highest BCUT2D eigenvalue weighted by Gasteiger charge is 2.04. The first-order valence-electron chi connectivity index (χ1n) is 8.26. The molecule has 132 valence electrons. The highest BCUT2D eigenvalue weighted by molar-refractivity contribution is 5.88. The number of ether oxygens (including phenoxy) is 1. The zero-order valence-corrected chi connectivity index (χ0v) is 14.7. The van der Waals surface area contributed by atoms with Crippen LogP contribution in [0.15, 0.2) is 60.9 Å². The molecule has 0 aliphatic carbocycles. The highest BCUT2D eigenvalue weighted by Crippen LogP contribution is 2.22. The first-order valence-corrected chi connectivity index (χ1v) is 8.26. The number of nitrogens with zero attached hydrogens (tertiary/aromatic N) is 2. The van der Waals surface area contributed by atoms with Crippen LogP contribution in [0.3, 0.4) is 0 Å². The van der Waals surface area contributed by atoms with E-state index in [9.17, 15) is 4.79 Å². The molecule has 0 unspecified atom stereocenters. The van der Waals surface area contributed by atoms with Gasteiger partial charge >= 0.3 is 6.03 Å². The third-order valence-corrected chi connectivity index (χ3v) is 3.85. The summed E-state index contributed by atoms with van der Waals surface area (Å²) in [5.41, 5.74) is 3.74. The van der Waals surface area contributed by atoms with Crippen molar-refractivity contribution in [3.63, 3.8) is 0 Å². The standard InChI is InChI=1S/C20H20N4O2/c1-14-6-8-18(11-15(14)2)26-19-9-7-17(13-22-19)24-20(25)23-12-16-5-3-4-10-21-16/h3-11,13H,12H2,1-2H3,(H2,23,24,25). The maximum Gasteiger partial charge on any atom is 0.319 e. The van der Waals surface area contributed by atoms with E-state index in [1.165, 1.54) is 5.56 Å². The zero-order valence-electron chi connectivity index (χ0n) is 14.7. The lowest BCUT2D eigenvalue weighted by atomic mass is 10.1. The largest absolute Gasteiger partial charge is 0.439 e. The number of anilines is 1. The Balaban J connectivity index is 1.53. The number of amides is 2. The predicted molar refractivity (Wildman–Crippen MR) is 100 cm³/mol. The quantitative estimate of drug-likeness (QED) is 0.724. The van der Waals surface area contributed by atoms with E-state index in [2.05, 4.69) is 27.5 Å². The molecule has 2 amide bonds. The van der Waals surface area contributed by atoms with Crippen LogP contribution in [0.1, 0.15) is 16.8 Å². The highest BCUT2D eigenvalue weighted by atomic mass is 16.5. The van der Waals surface area contributed by atoms with E-state index in [4.69, 9.17) is 4.74 Å². The summed E-state index contributed by atoms with van der Waals surface area (Å²) in [6, 6.07) is 14.6. The Bertz CT molecular complexity index is 880. The van der Waals surface area contributed by atoms with Gasteiger partial charge in [-0.05, 0) is 55.3 Å². The Kier molecular flexibility index (Phi) is 5.43. The number of hydrogen-bond acceptors (Lipinski definition) is 4. The number of carbonyl (C=O) groups excluding carboxylic acids is 1. The molecule has 0 aliphatic heterocycles. The van der Waals surface area contributed by atoms with Gasteiger partial charge in [0.25, 0.3) is 0 Å². The van der Waals surface area contributed by atoms with Gasteiger partial charge in [-0.1, -0.05) is 12.1 Å². The molecular formula is C20H20N4O2. The SMILES string of the molecule is Cc1ccc(Oc2ccc(NC(=O)NCc3ccccn3)cn2)cc1C. The first kappa shape index (κ1) is 17.4. The number of rotatable bonds is 5. The zero-order chi connectivity index (χ0) is 18.4. The van der Waals surface area contributed by atoms with Gasteiger partial charge in [0, 0.05) is 12.3 Å². The molecule has 3 rings (SSSR count). The minimum Gasteiger partial charge on any atom is -0.439 e. The number of hydrogen-bond donors (Lipinski definition) is 2. The van der Waals surface area contributed by atoms with Gasteiger partial charge in [-0.15, -0.1) is 0 Å². The summed E-state index contributed by atoms with van der Waals surface area (Å²) in [4.78, 5) is 20.3. The molecule has 0 aliphatic rings. The van der Waals surface area contributed by atoms with Gasteiger partial charge < -0.3 is 15.4 Å². The summed E-state index contributed by atoms with van der Waals surface area (Å²) in [5.74, 6) is 1.20. The van der Waals surface area contributed by atoms with Crippen molar-refractivity contribution in [1.29, 1.82) is 0 Å². The summed E-state index contributed by atoms with van der Waals surface area (Å²) >= 11 is 0. The number of nitrogens with one attached hydrogen (secondary N) is 2. The van der Waals surface area contributed by atoms with Crippen molar-refractivity contribution in [2.75, 3.05) is 5.32 Å². The maximum absolute atomic E-state index is 11.9. The predicted octanol–water partition coefficient (Wildman–Crippen LogP) is 4.21. The molecule has 2 heterocycles. The van der Waals surface area contributed by atoms with Crippen LogP contribution in [-0.4, -0.2) is 16.0 Å². The van der Waals surface area contributed by atoms with Crippen molar-refractivity contribution >= 4 is 11.7 Å². The number of urea groups is 1. The van der Waals surface area contributed by atoms with Crippen LogP contribution in [0.2, 0.25) is 0 Å². The summed E-state index contributed by atoms with van der Waals surface area (Å²) in [5, 5.41) is 5.47. The van der Waals surface area contributed by atoms with Gasteiger partial charge in [-0.2, -0.15) is 0 Å². The molecule has 0 atom stereocenters. The minimum absolute atomic E-state index is 0.319. The molecule has 0 saturated heterocycles. The molecule has 3 aromatic rings. The molecule has 26 heavy (non-hydrogen) atoms. The number of pyridine rings is 2. The lowest BCUT2D eigenvalue weighted by Crippen LogP contribution is -2.28. The monoisotopic (exact) mass is 348 g/mol.